The smallest absolute Gasteiger partial charge is 0.748 e. The van der Waals surface area contributed by atoms with Crippen molar-refractivity contribution in [3.8, 4) is 0 Å². The summed E-state index contributed by atoms with van der Waals surface area (Å²) in [5.41, 5.74) is 3.48. The van der Waals surface area contributed by atoms with E-state index < -0.39 is 84.0 Å². The van der Waals surface area contributed by atoms with Gasteiger partial charge in [-0.1, -0.05) is 44.2 Å². The van der Waals surface area contributed by atoms with Crippen molar-refractivity contribution in [2.75, 3.05) is 29.5 Å². The molecule has 0 unspecified atom stereocenters. The first kappa shape index (κ1) is 52.1. The van der Waals surface area contributed by atoms with E-state index in [4.69, 9.17) is 9.57 Å². The Labute approximate surface area is 406 Å². The molecule has 66 heavy (non-hydrogen) atoms. The van der Waals surface area contributed by atoms with Gasteiger partial charge < -0.3 is 23.6 Å². The molecular formula is C46H50N3NaO14S2. The summed E-state index contributed by atoms with van der Waals surface area (Å²) in [6.45, 7) is 8.52. The molecule has 0 bridgehead atoms. The number of hydroxylamine groups is 2. The van der Waals surface area contributed by atoms with Gasteiger partial charge in [0.2, 0.25) is 11.8 Å². The average molecular weight is 956 g/mol. The van der Waals surface area contributed by atoms with Crippen LogP contribution in [-0.2, 0) is 59.8 Å². The Morgan fingerprint density at radius 3 is 1.92 bits per heavy atom. The molecule has 0 spiro atoms. The van der Waals surface area contributed by atoms with Gasteiger partial charge in [0.15, 0.2) is 17.3 Å². The molecule has 20 heteroatoms. The van der Waals surface area contributed by atoms with E-state index >= 15 is 0 Å². The number of carbonyl (C=O) groups excluding carboxylic acids is 6. The molecule has 346 valence electrons. The number of fused-ring (bicyclic) bond motifs is 2. The van der Waals surface area contributed by atoms with Crippen LogP contribution < -0.4 is 34.5 Å². The molecule has 17 nitrogen and oxygen atoms in total. The molecular weight excluding hydrogens is 906 g/mol. The van der Waals surface area contributed by atoms with Crippen molar-refractivity contribution in [1.82, 2.24) is 5.06 Å². The van der Waals surface area contributed by atoms with E-state index in [0.717, 1.165) is 33.9 Å². The maximum atomic E-state index is 13.1. The topological polar surface area (TPSA) is 245 Å². The summed E-state index contributed by atoms with van der Waals surface area (Å²) >= 11 is 0. The number of esters is 1. The van der Waals surface area contributed by atoms with Gasteiger partial charge in [-0.25, -0.2) is 26.4 Å². The number of Topliss-reactive ketones (excluding diaryl/α,β-unsaturated/α-hetero) is 2. The van der Waals surface area contributed by atoms with Gasteiger partial charge in [0, 0.05) is 84.7 Å². The minimum atomic E-state index is -4.41. The zero-order chi connectivity index (χ0) is 47.5. The Balaban J connectivity index is 0.00000817. The Bertz CT molecular complexity index is 2680. The monoisotopic (exact) mass is 955 g/mol. The molecule has 1 saturated carbocycles. The van der Waals surface area contributed by atoms with E-state index in [0.29, 0.717) is 31.0 Å². The van der Waals surface area contributed by atoms with E-state index in [1.54, 1.807) is 48.6 Å². The van der Waals surface area contributed by atoms with Crippen LogP contribution in [0, 0.1) is 0 Å². The zero-order valence-corrected chi connectivity index (χ0v) is 41.1. The van der Waals surface area contributed by atoms with Crippen molar-refractivity contribution in [2.45, 2.75) is 96.0 Å². The van der Waals surface area contributed by atoms with Crippen molar-refractivity contribution < 1.29 is 98.4 Å². The van der Waals surface area contributed by atoms with Crippen molar-refractivity contribution in [1.29, 1.82) is 0 Å². The van der Waals surface area contributed by atoms with Gasteiger partial charge in [0.25, 0.3) is 11.8 Å². The van der Waals surface area contributed by atoms with Crippen molar-refractivity contribution in [3.63, 3.8) is 0 Å². The number of ether oxygens (including phenoxy) is 1. The number of carbonyl (C=O) groups is 6. The van der Waals surface area contributed by atoms with Crippen molar-refractivity contribution in [2.24, 2.45) is 0 Å². The number of unbranched alkanes of at least 4 members (excludes halogenated alkanes) is 2. The summed E-state index contributed by atoms with van der Waals surface area (Å²) in [5, 5.41) is 0.484. The molecule has 1 aliphatic carbocycles. The fourth-order valence-corrected chi connectivity index (χ4v) is 9.57. The first-order chi connectivity index (χ1) is 30.5. The Kier molecular flexibility index (Phi) is 16.5. The maximum absolute atomic E-state index is 13.1. The van der Waals surface area contributed by atoms with Crippen LogP contribution in [0.5, 0.6) is 0 Å². The Morgan fingerprint density at radius 2 is 1.29 bits per heavy atom. The first-order valence-electron chi connectivity index (χ1n) is 21.1. The van der Waals surface area contributed by atoms with Gasteiger partial charge in [-0.05, 0) is 75.1 Å². The number of rotatable bonds is 18. The third-order valence-electron chi connectivity index (χ3n) is 11.9. The van der Waals surface area contributed by atoms with E-state index in [1.165, 1.54) is 6.07 Å². The molecule has 2 amide bonds. The molecule has 3 aliphatic heterocycles. The summed E-state index contributed by atoms with van der Waals surface area (Å²) < 4.78 is 75.2. The summed E-state index contributed by atoms with van der Waals surface area (Å²) in [6.07, 6.45) is 12.3. The molecule has 0 atom stereocenters. The van der Waals surface area contributed by atoms with Crippen molar-refractivity contribution >= 4 is 72.6 Å². The molecule has 4 aliphatic rings. The summed E-state index contributed by atoms with van der Waals surface area (Å²) in [5.74, 6) is -4.79. The van der Waals surface area contributed by atoms with Gasteiger partial charge in [0.1, 0.15) is 6.54 Å². The van der Waals surface area contributed by atoms with Gasteiger partial charge in [0.05, 0.1) is 36.8 Å². The second-order valence-corrected chi connectivity index (χ2v) is 20.2. The largest absolute Gasteiger partial charge is 1.00 e. The predicted molar refractivity (Wildman–Crippen MR) is 234 cm³/mol. The number of allylic oxidation sites excluding steroid dienone is 8. The van der Waals surface area contributed by atoms with Gasteiger partial charge in [-0.2, -0.15) is 4.58 Å². The second-order valence-electron chi connectivity index (χ2n) is 17.2. The number of anilines is 1. The summed E-state index contributed by atoms with van der Waals surface area (Å²) in [7, 11) is -8.81. The SMILES string of the molecule is CC1(C)C(/C=C/C=C/C=C/C=C2/N(CCCCS(=O)(=O)[O-])c3ccc(C(=O)ON4C(=O)CCC4=O)cc3C2(C)C)=[N+](CCCCS(=O)(=O)[O-])c2ccc(C(=O)OC3C(=O)CCC3=O)cc21.[Na+]. The predicted octanol–water partition coefficient (Wildman–Crippen LogP) is 1.75. The third-order valence-corrected chi connectivity index (χ3v) is 13.4. The minimum Gasteiger partial charge on any atom is -0.748 e. The van der Waals surface area contributed by atoms with E-state index in [-0.39, 0.29) is 79.2 Å². The normalized spacial score (nSPS) is 19.0. The minimum absolute atomic E-state index is 0. The standard InChI is InChI=1S/C46H51N3O14S2.Na/c1-45(2)32-28-30(43(54)62-42-36(50)20-21-37(42)51)16-18-34(32)47(24-10-12-26-64(56,57)58)38(45)14-8-6-5-7-9-15-39-46(3,4)33-29-31(44(55)63-49-40(52)22-23-41(49)53)17-19-35(33)48(39)25-11-13-27-65(59,60)61;/h5-9,14-19,28-29,42H,10-13,20-27H2,1-4H3,(H-,56,57,58,59,60,61);/q;+1/p-1. The van der Waals surface area contributed by atoms with Gasteiger partial charge >= 0.3 is 41.5 Å². The van der Waals surface area contributed by atoms with Crippen LogP contribution in [0.2, 0.25) is 0 Å². The Hall–Kier alpha value is -4.89. The fraction of sp³-hybridized carbons (Fsp3) is 0.413. The molecule has 6 rings (SSSR count). The number of hydrogen-bond donors (Lipinski definition) is 0. The van der Waals surface area contributed by atoms with Crippen LogP contribution in [-0.4, -0.2) is 107 Å². The number of ketones is 2. The molecule has 3 heterocycles. The van der Waals surface area contributed by atoms with Crippen LogP contribution in [0.4, 0.5) is 11.4 Å². The van der Waals surface area contributed by atoms with E-state index in [2.05, 4.69) is 0 Å². The molecule has 2 aromatic carbocycles. The third kappa shape index (κ3) is 12.0. The van der Waals surface area contributed by atoms with Crippen LogP contribution in [0.3, 0.4) is 0 Å². The molecule has 0 radical (unpaired) electrons. The molecule has 2 fully saturated rings. The second kappa shape index (κ2) is 21.0. The number of amides is 2. The number of imide groups is 1. The van der Waals surface area contributed by atoms with Crippen LogP contribution in [0.25, 0.3) is 0 Å². The number of hydrogen-bond acceptors (Lipinski definition) is 15. The van der Waals surface area contributed by atoms with E-state index in [1.807, 2.05) is 61.5 Å². The fourth-order valence-electron chi connectivity index (χ4n) is 8.46. The van der Waals surface area contributed by atoms with Crippen LogP contribution in [0.1, 0.15) is 111 Å². The quantitative estimate of drug-likeness (QED) is 0.0302. The van der Waals surface area contributed by atoms with Gasteiger partial charge in [-0.3, -0.25) is 19.2 Å². The number of benzene rings is 2. The molecule has 0 N–H and O–H groups in total. The van der Waals surface area contributed by atoms with E-state index in [9.17, 15) is 54.7 Å². The van der Waals surface area contributed by atoms with Crippen LogP contribution in [0.15, 0.2) is 84.6 Å². The molecule has 0 aromatic heterocycles. The maximum Gasteiger partial charge on any atom is 1.00 e. The van der Waals surface area contributed by atoms with Crippen molar-refractivity contribution in [3.05, 3.63) is 107 Å². The zero-order valence-electron chi connectivity index (χ0n) is 37.4. The number of nitrogens with zero attached hydrogens (tertiary/aromatic N) is 3. The Morgan fingerprint density at radius 1 is 0.727 bits per heavy atom. The van der Waals surface area contributed by atoms with Crippen LogP contribution >= 0.6 is 0 Å². The molecule has 1 saturated heterocycles. The van der Waals surface area contributed by atoms with Gasteiger partial charge in [-0.15, -0.1) is 5.06 Å². The summed E-state index contributed by atoms with van der Waals surface area (Å²) in [6, 6.07) is 9.79. The first-order valence-corrected chi connectivity index (χ1v) is 24.3. The summed E-state index contributed by atoms with van der Waals surface area (Å²) in [4.78, 5) is 81.8. The average Bonchev–Trinajstić information content (AvgIpc) is 3.86. The molecule has 2 aromatic rings.